The molecule has 7 nitrogen and oxygen atoms in total. The second kappa shape index (κ2) is 9.28. The Kier molecular flexibility index (Phi) is 7.26. The first kappa shape index (κ1) is 22.7. The van der Waals surface area contributed by atoms with Crippen molar-refractivity contribution >= 4 is 33.0 Å². The van der Waals surface area contributed by atoms with E-state index in [0.29, 0.717) is 12.2 Å². The zero-order chi connectivity index (χ0) is 21.8. The molecule has 0 aliphatic carbocycles. The second-order valence-corrected chi connectivity index (χ2v) is 9.35. The van der Waals surface area contributed by atoms with Gasteiger partial charge in [0, 0.05) is 26.3 Å². The summed E-state index contributed by atoms with van der Waals surface area (Å²) < 4.78 is 26.0. The SMILES string of the molecule is CCNc1ccc(S(=O)(=O)N(C)C)cc1NCC(=O)Nc1c(C)cc(C)cc1C. The van der Waals surface area contributed by atoms with Gasteiger partial charge in [-0.1, -0.05) is 17.7 Å². The maximum Gasteiger partial charge on any atom is 0.243 e. The third kappa shape index (κ3) is 5.48. The van der Waals surface area contributed by atoms with E-state index in [2.05, 4.69) is 16.0 Å². The molecule has 0 fully saturated rings. The van der Waals surface area contributed by atoms with Crippen LogP contribution in [0.3, 0.4) is 0 Å². The van der Waals surface area contributed by atoms with Crippen molar-refractivity contribution < 1.29 is 13.2 Å². The average molecular weight is 419 g/mol. The van der Waals surface area contributed by atoms with Gasteiger partial charge in [0.05, 0.1) is 22.8 Å². The Morgan fingerprint density at radius 1 is 0.966 bits per heavy atom. The lowest BCUT2D eigenvalue weighted by Crippen LogP contribution is -2.24. The first-order chi connectivity index (χ1) is 13.6. The Morgan fingerprint density at radius 3 is 2.14 bits per heavy atom. The van der Waals surface area contributed by atoms with Crippen molar-refractivity contribution in [3.05, 3.63) is 47.0 Å². The number of nitrogens with one attached hydrogen (secondary N) is 3. The molecule has 0 bridgehead atoms. The number of benzene rings is 2. The topological polar surface area (TPSA) is 90.5 Å². The van der Waals surface area contributed by atoms with Crippen LogP contribution in [0, 0.1) is 20.8 Å². The predicted octanol–water partition coefficient (Wildman–Crippen LogP) is 3.34. The van der Waals surface area contributed by atoms with Crippen LogP contribution in [0.25, 0.3) is 0 Å². The van der Waals surface area contributed by atoms with Crippen molar-refractivity contribution in [2.75, 3.05) is 43.1 Å². The van der Waals surface area contributed by atoms with Gasteiger partial charge in [-0.15, -0.1) is 0 Å². The van der Waals surface area contributed by atoms with Crippen LogP contribution in [-0.4, -0.2) is 45.8 Å². The number of anilines is 3. The number of carbonyl (C=O) groups excluding carboxylic acids is 1. The fourth-order valence-electron chi connectivity index (χ4n) is 3.12. The molecule has 0 saturated carbocycles. The summed E-state index contributed by atoms with van der Waals surface area (Å²) in [5.74, 6) is -0.205. The lowest BCUT2D eigenvalue weighted by molar-refractivity contribution is -0.114. The highest BCUT2D eigenvalue weighted by Crippen LogP contribution is 2.27. The van der Waals surface area contributed by atoms with E-state index in [0.717, 1.165) is 32.4 Å². The molecule has 0 radical (unpaired) electrons. The zero-order valence-corrected chi connectivity index (χ0v) is 18.7. The van der Waals surface area contributed by atoms with Crippen molar-refractivity contribution in [2.45, 2.75) is 32.6 Å². The zero-order valence-electron chi connectivity index (χ0n) is 17.9. The second-order valence-electron chi connectivity index (χ2n) is 7.20. The molecule has 2 aromatic carbocycles. The molecule has 0 atom stereocenters. The molecule has 2 aromatic rings. The van der Waals surface area contributed by atoms with E-state index in [-0.39, 0.29) is 17.3 Å². The fourth-order valence-corrected chi connectivity index (χ4v) is 4.05. The highest BCUT2D eigenvalue weighted by atomic mass is 32.2. The van der Waals surface area contributed by atoms with Crippen LogP contribution in [0.2, 0.25) is 0 Å². The van der Waals surface area contributed by atoms with Gasteiger partial charge in [-0.2, -0.15) is 0 Å². The molecule has 0 aromatic heterocycles. The summed E-state index contributed by atoms with van der Waals surface area (Å²) in [5, 5.41) is 9.18. The van der Waals surface area contributed by atoms with Gasteiger partial charge in [0.2, 0.25) is 15.9 Å². The Bertz CT molecular complexity index is 978. The van der Waals surface area contributed by atoms with E-state index < -0.39 is 10.0 Å². The smallest absolute Gasteiger partial charge is 0.243 e. The van der Waals surface area contributed by atoms with E-state index in [1.165, 1.54) is 14.1 Å². The summed E-state index contributed by atoms with van der Waals surface area (Å²) >= 11 is 0. The van der Waals surface area contributed by atoms with E-state index >= 15 is 0 Å². The molecule has 8 heteroatoms. The van der Waals surface area contributed by atoms with Crippen LogP contribution in [0.5, 0.6) is 0 Å². The van der Waals surface area contributed by atoms with Crippen LogP contribution in [-0.2, 0) is 14.8 Å². The summed E-state index contributed by atoms with van der Waals surface area (Å²) in [6.07, 6.45) is 0. The van der Waals surface area contributed by atoms with Crippen LogP contribution in [0.4, 0.5) is 17.1 Å². The molecule has 0 aliphatic heterocycles. The third-order valence-electron chi connectivity index (χ3n) is 4.52. The van der Waals surface area contributed by atoms with E-state index in [1.807, 2.05) is 39.8 Å². The Morgan fingerprint density at radius 2 is 1.59 bits per heavy atom. The molecule has 29 heavy (non-hydrogen) atoms. The number of hydrogen-bond donors (Lipinski definition) is 3. The van der Waals surface area contributed by atoms with Gasteiger partial charge < -0.3 is 16.0 Å². The lowest BCUT2D eigenvalue weighted by atomic mass is 10.1. The Balaban J connectivity index is 2.21. The number of aryl methyl sites for hydroxylation is 3. The number of amides is 1. The Hall–Kier alpha value is -2.58. The molecule has 3 N–H and O–H groups in total. The van der Waals surface area contributed by atoms with Crippen molar-refractivity contribution in [3.63, 3.8) is 0 Å². The van der Waals surface area contributed by atoms with Crippen molar-refractivity contribution in [1.29, 1.82) is 0 Å². The maximum atomic E-state index is 12.5. The predicted molar refractivity (Wildman–Crippen MR) is 119 cm³/mol. The number of rotatable bonds is 8. The molecule has 2 rings (SSSR count). The number of hydrogen-bond acceptors (Lipinski definition) is 5. The van der Waals surface area contributed by atoms with E-state index in [9.17, 15) is 13.2 Å². The van der Waals surface area contributed by atoms with Crippen LogP contribution in [0.1, 0.15) is 23.6 Å². The third-order valence-corrected chi connectivity index (χ3v) is 6.33. The first-order valence-electron chi connectivity index (χ1n) is 9.48. The highest BCUT2D eigenvalue weighted by molar-refractivity contribution is 7.89. The summed E-state index contributed by atoms with van der Waals surface area (Å²) in [6.45, 7) is 8.57. The number of nitrogens with zero attached hydrogens (tertiary/aromatic N) is 1. The minimum absolute atomic E-state index is 0.0105. The van der Waals surface area contributed by atoms with Crippen LogP contribution < -0.4 is 16.0 Å². The molecule has 1 amide bonds. The highest BCUT2D eigenvalue weighted by Gasteiger charge is 2.19. The largest absolute Gasteiger partial charge is 0.384 e. The van der Waals surface area contributed by atoms with E-state index in [4.69, 9.17) is 0 Å². The van der Waals surface area contributed by atoms with E-state index in [1.54, 1.807) is 18.2 Å². The minimum Gasteiger partial charge on any atom is -0.384 e. The number of sulfonamides is 1. The Labute approximate surface area is 173 Å². The van der Waals surface area contributed by atoms with Crippen molar-refractivity contribution in [1.82, 2.24) is 4.31 Å². The van der Waals surface area contributed by atoms with Crippen molar-refractivity contribution in [3.8, 4) is 0 Å². The summed E-state index contributed by atoms with van der Waals surface area (Å²) in [6, 6.07) is 8.85. The van der Waals surface area contributed by atoms with Crippen LogP contribution >= 0.6 is 0 Å². The molecule has 0 heterocycles. The normalized spacial score (nSPS) is 11.4. The van der Waals surface area contributed by atoms with Crippen molar-refractivity contribution in [2.24, 2.45) is 0 Å². The molecule has 0 spiro atoms. The van der Waals surface area contributed by atoms with Gasteiger partial charge in [0.15, 0.2) is 0 Å². The maximum absolute atomic E-state index is 12.5. The summed E-state index contributed by atoms with van der Waals surface area (Å²) in [5.41, 5.74) is 5.25. The van der Waals surface area contributed by atoms with Gasteiger partial charge in [0.25, 0.3) is 0 Å². The molecule has 0 aliphatic rings. The van der Waals surface area contributed by atoms with Gasteiger partial charge in [-0.05, 0) is 57.0 Å². The van der Waals surface area contributed by atoms with Gasteiger partial charge >= 0.3 is 0 Å². The minimum atomic E-state index is -3.57. The molecular weight excluding hydrogens is 388 g/mol. The summed E-state index contributed by atoms with van der Waals surface area (Å²) in [7, 11) is -0.596. The fraction of sp³-hybridized carbons (Fsp3) is 0.381. The van der Waals surface area contributed by atoms with Gasteiger partial charge in [0.1, 0.15) is 0 Å². The molecular formula is C21H30N4O3S. The molecule has 0 saturated heterocycles. The lowest BCUT2D eigenvalue weighted by Gasteiger charge is -2.17. The average Bonchev–Trinajstić information content (AvgIpc) is 2.63. The standard InChI is InChI=1S/C21H30N4O3S/c1-7-22-18-9-8-17(29(27,28)25(5)6)12-19(18)23-13-20(26)24-21-15(3)10-14(2)11-16(21)4/h8-12,22-23H,7,13H2,1-6H3,(H,24,26). The number of carbonyl (C=O) groups is 1. The van der Waals surface area contributed by atoms with Gasteiger partial charge in [-0.25, -0.2) is 12.7 Å². The molecule has 0 unspecified atom stereocenters. The van der Waals surface area contributed by atoms with Crippen LogP contribution in [0.15, 0.2) is 35.2 Å². The monoisotopic (exact) mass is 418 g/mol. The van der Waals surface area contributed by atoms with Gasteiger partial charge in [-0.3, -0.25) is 4.79 Å². The quantitative estimate of drug-likeness (QED) is 0.612. The first-order valence-corrected chi connectivity index (χ1v) is 10.9. The summed E-state index contributed by atoms with van der Waals surface area (Å²) in [4.78, 5) is 12.7. The molecule has 158 valence electrons.